The molecule has 0 aliphatic carbocycles. The average molecular weight is 449 g/mol. The van der Waals surface area contributed by atoms with E-state index in [2.05, 4.69) is 36.4 Å². The first kappa shape index (κ1) is 23.6. The summed E-state index contributed by atoms with van der Waals surface area (Å²) in [5, 5.41) is 0. The minimum absolute atomic E-state index is 0.182. The van der Waals surface area contributed by atoms with Crippen molar-refractivity contribution in [1.29, 1.82) is 0 Å². The van der Waals surface area contributed by atoms with Crippen LogP contribution in [0.5, 0.6) is 0 Å². The summed E-state index contributed by atoms with van der Waals surface area (Å²) in [6.45, 7) is 1.89. The van der Waals surface area contributed by atoms with Crippen LogP contribution >= 0.6 is 0 Å². The molecule has 0 N–H and O–H groups in total. The molecule has 3 aromatic rings. The molecule has 1 unspecified atom stereocenters. The molecule has 5 nitrogen and oxygen atoms in total. The minimum atomic E-state index is -0.368. The highest BCUT2D eigenvalue weighted by molar-refractivity contribution is 5.15. The van der Waals surface area contributed by atoms with Crippen LogP contribution in [0.15, 0.2) is 91.0 Å². The van der Waals surface area contributed by atoms with Crippen molar-refractivity contribution in [3.05, 3.63) is 108 Å². The van der Waals surface area contributed by atoms with E-state index >= 15 is 0 Å². The van der Waals surface area contributed by atoms with E-state index in [0.717, 1.165) is 16.7 Å². The molecule has 3 aromatic carbocycles. The van der Waals surface area contributed by atoms with Crippen molar-refractivity contribution < 1.29 is 23.7 Å². The number of methoxy groups -OCH3 is 1. The zero-order valence-electron chi connectivity index (χ0n) is 19.0. The van der Waals surface area contributed by atoms with Gasteiger partial charge in [0.1, 0.15) is 12.2 Å². The summed E-state index contributed by atoms with van der Waals surface area (Å²) in [7, 11) is 1.66. The van der Waals surface area contributed by atoms with Crippen molar-refractivity contribution in [3.63, 3.8) is 0 Å². The highest BCUT2D eigenvalue weighted by Crippen LogP contribution is 2.28. The van der Waals surface area contributed by atoms with Crippen LogP contribution in [0.3, 0.4) is 0 Å². The number of hydrogen-bond donors (Lipinski definition) is 0. The van der Waals surface area contributed by atoms with Crippen LogP contribution in [-0.4, -0.2) is 38.3 Å². The van der Waals surface area contributed by atoms with E-state index in [0.29, 0.717) is 32.8 Å². The molecule has 1 aliphatic rings. The van der Waals surface area contributed by atoms with Gasteiger partial charge in [0, 0.05) is 13.5 Å². The van der Waals surface area contributed by atoms with Gasteiger partial charge in [-0.25, -0.2) is 0 Å². The molecule has 0 amide bonds. The Morgan fingerprint density at radius 3 is 1.76 bits per heavy atom. The molecule has 4 atom stereocenters. The first-order valence-electron chi connectivity index (χ1n) is 11.4. The first-order valence-corrected chi connectivity index (χ1v) is 11.4. The van der Waals surface area contributed by atoms with E-state index in [1.54, 1.807) is 7.11 Å². The second-order valence-electron chi connectivity index (χ2n) is 8.17. The summed E-state index contributed by atoms with van der Waals surface area (Å²) in [6.07, 6.45) is -0.545. The van der Waals surface area contributed by atoms with Crippen LogP contribution in [0.1, 0.15) is 23.1 Å². The van der Waals surface area contributed by atoms with E-state index in [4.69, 9.17) is 23.7 Å². The van der Waals surface area contributed by atoms with Gasteiger partial charge in [0.25, 0.3) is 0 Å². The molecule has 1 saturated heterocycles. The molecule has 4 rings (SSSR count). The molecule has 0 radical (unpaired) electrons. The smallest absolute Gasteiger partial charge is 0.160 e. The summed E-state index contributed by atoms with van der Waals surface area (Å²) < 4.78 is 30.5. The molecule has 33 heavy (non-hydrogen) atoms. The minimum Gasteiger partial charge on any atom is -0.374 e. The number of benzene rings is 3. The van der Waals surface area contributed by atoms with Gasteiger partial charge in [-0.2, -0.15) is 0 Å². The third-order valence-electron chi connectivity index (χ3n) is 5.73. The Bertz CT molecular complexity index is 919. The van der Waals surface area contributed by atoms with E-state index in [-0.39, 0.29) is 24.6 Å². The molecule has 1 heterocycles. The van der Waals surface area contributed by atoms with Gasteiger partial charge in [0.05, 0.1) is 32.5 Å². The van der Waals surface area contributed by atoms with Crippen LogP contribution in [0.2, 0.25) is 0 Å². The fourth-order valence-corrected chi connectivity index (χ4v) is 3.97. The van der Waals surface area contributed by atoms with Gasteiger partial charge >= 0.3 is 0 Å². The lowest BCUT2D eigenvalue weighted by atomic mass is 10.0. The summed E-state index contributed by atoms with van der Waals surface area (Å²) >= 11 is 0. The number of ether oxygens (including phenoxy) is 5. The monoisotopic (exact) mass is 448 g/mol. The third-order valence-corrected chi connectivity index (χ3v) is 5.73. The summed E-state index contributed by atoms with van der Waals surface area (Å²) in [4.78, 5) is 0. The third kappa shape index (κ3) is 7.22. The number of rotatable bonds is 11. The molecule has 0 spiro atoms. The standard InChI is InChI=1S/C28H32O5/c1-29-27-17-25(31-19-23-13-7-3-8-14-23)28(32-20-24-15-9-4-10-16-24)26(33-27)21-30-18-22-11-5-2-6-12-22/h2-16,25-28H,17-21H2,1H3/t25-,26?,27+,28-/m1/s1. The molecule has 0 aromatic heterocycles. The maximum Gasteiger partial charge on any atom is 0.160 e. The van der Waals surface area contributed by atoms with Crippen molar-refractivity contribution >= 4 is 0 Å². The lowest BCUT2D eigenvalue weighted by molar-refractivity contribution is -0.272. The van der Waals surface area contributed by atoms with E-state index < -0.39 is 0 Å². The zero-order valence-corrected chi connectivity index (χ0v) is 19.0. The Labute approximate surface area is 196 Å². The van der Waals surface area contributed by atoms with Gasteiger partial charge in [0.15, 0.2) is 6.29 Å². The van der Waals surface area contributed by atoms with Gasteiger partial charge in [-0.05, 0) is 16.7 Å². The molecule has 0 bridgehead atoms. The summed E-state index contributed by atoms with van der Waals surface area (Å²) in [5.41, 5.74) is 3.35. The fraction of sp³-hybridized carbons (Fsp3) is 0.357. The van der Waals surface area contributed by atoms with Gasteiger partial charge in [-0.3, -0.25) is 0 Å². The Morgan fingerprint density at radius 2 is 1.21 bits per heavy atom. The maximum atomic E-state index is 6.39. The lowest BCUT2D eigenvalue weighted by Gasteiger charge is -2.41. The normalized spacial score (nSPS) is 22.8. The Balaban J connectivity index is 1.44. The van der Waals surface area contributed by atoms with Crippen molar-refractivity contribution in [2.24, 2.45) is 0 Å². The van der Waals surface area contributed by atoms with E-state index in [1.165, 1.54) is 0 Å². The van der Waals surface area contributed by atoms with Crippen molar-refractivity contribution in [1.82, 2.24) is 0 Å². The molecule has 174 valence electrons. The first-order chi connectivity index (χ1) is 16.3. The second kappa shape index (κ2) is 12.6. The van der Waals surface area contributed by atoms with Crippen LogP contribution in [0, 0.1) is 0 Å². The average Bonchev–Trinajstić information content (AvgIpc) is 2.88. The molecule has 1 fully saturated rings. The Hall–Kier alpha value is -2.54. The fourth-order valence-electron chi connectivity index (χ4n) is 3.97. The highest BCUT2D eigenvalue weighted by Gasteiger charge is 2.40. The zero-order chi connectivity index (χ0) is 22.7. The maximum absolute atomic E-state index is 6.39. The van der Waals surface area contributed by atoms with Crippen LogP contribution in [-0.2, 0) is 43.5 Å². The quantitative estimate of drug-likeness (QED) is 0.407. The van der Waals surface area contributed by atoms with E-state index in [9.17, 15) is 0 Å². The SMILES string of the molecule is CO[C@@H]1C[C@@H](OCc2ccccc2)[C@@H](OCc2ccccc2)C(COCc2ccccc2)O1. The molecule has 0 saturated carbocycles. The molecule has 5 heteroatoms. The summed E-state index contributed by atoms with van der Waals surface area (Å²) in [5.74, 6) is 0. The van der Waals surface area contributed by atoms with Crippen LogP contribution in [0.4, 0.5) is 0 Å². The topological polar surface area (TPSA) is 46.2 Å². The van der Waals surface area contributed by atoms with Gasteiger partial charge in [-0.15, -0.1) is 0 Å². The van der Waals surface area contributed by atoms with Crippen molar-refractivity contribution in [3.8, 4) is 0 Å². The van der Waals surface area contributed by atoms with Crippen molar-refractivity contribution in [2.75, 3.05) is 13.7 Å². The van der Waals surface area contributed by atoms with Crippen molar-refractivity contribution in [2.45, 2.75) is 50.8 Å². The second-order valence-corrected chi connectivity index (χ2v) is 8.17. The Morgan fingerprint density at radius 1 is 0.697 bits per heavy atom. The predicted molar refractivity (Wildman–Crippen MR) is 126 cm³/mol. The molecular weight excluding hydrogens is 416 g/mol. The van der Waals surface area contributed by atoms with Crippen LogP contribution < -0.4 is 0 Å². The van der Waals surface area contributed by atoms with Gasteiger partial charge in [-0.1, -0.05) is 91.0 Å². The highest BCUT2D eigenvalue weighted by atomic mass is 16.7. The predicted octanol–water partition coefficient (Wildman–Crippen LogP) is 5.14. The van der Waals surface area contributed by atoms with Crippen LogP contribution in [0.25, 0.3) is 0 Å². The largest absolute Gasteiger partial charge is 0.374 e. The van der Waals surface area contributed by atoms with E-state index in [1.807, 2.05) is 54.6 Å². The summed E-state index contributed by atoms with van der Waals surface area (Å²) in [6, 6.07) is 30.4. The lowest BCUT2D eigenvalue weighted by Crippen LogP contribution is -2.52. The Kier molecular flexibility index (Phi) is 9.04. The van der Waals surface area contributed by atoms with Gasteiger partial charge < -0.3 is 23.7 Å². The number of hydrogen-bond acceptors (Lipinski definition) is 5. The molecule has 1 aliphatic heterocycles. The van der Waals surface area contributed by atoms with Gasteiger partial charge in [0.2, 0.25) is 0 Å². The molecular formula is C28H32O5.